The minimum atomic E-state index is -0.857. The van der Waals surface area contributed by atoms with Crippen LogP contribution in [-0.2, 0) is 14.4 Å². The van der Waals surface area contributed by atoms with Gasteiger partial charge in [-0.1, -0.05) is 46.3 Å². The van der Waals surface area contributed by atoms with Gasteiger partial charge in [-0.15, -0.1) is 0 Å². The van der Waals surface area contributed by atoms with Crippen molar-refractivity contribution < 1.29 is 23.9 Å². The van der Waals surface area contributed by atoms with Gasteiger partial charge in [-0.25, -0.2) is 14.5 Å². The van der Waals surface area contributed by atoms with Gasteiger partial charge in [0.2, 0.25) is 0 Å². The number of hydrogen-bond acceptors (Lipinski definition) is 5. The van der Waals surface area contributed by atoms with Gasteiger partial charge in [-0.3, -0.25) is 14.9 Å². The second-order valence-corrected chi connectivity index (χ2v) is 10.4. The fourth-order valence-corrected chi connectivity index (χ4v) is 4.99. The average molecular weight is 722 g/mol. The van der Waals surface area contributed by atoms with Crippen LogP contribution < -0.4 is 15.0 Å². The first kappa shape index (κ1) is 26.0. The summed E-state index contributed by atoms with van der Waals surface area (Å²) in [6.07, 6.45) is 4.16. The van der Waals surface area contributed by atoms with Gasteiger partial charge in [0, 0.05) is 19.7 Å². The second kappa shape index (κ2) is 11.3. The Labute approximate surface area is 236 Å². The van der Waals surface area contributed by atoms with Crippen LogP contribution in [0.15, 0.2) is 87.3 Å². The van der Waals surface area contributed by atoms with Gasteiger partial charge < -0.3 is 4.74 Å². The first-order chi connectivity index (χ1) is 17.2. The van der Waals surface area contributed by atoms with E-state index in [0.29, 0.717) is 14.6 Å². The average Bonchev–Trinajstić information content (AvgIpc) is 2.84. The summed E-state index contributed by atoms with van der Waals surface area (Å²) >= 11 is 8.85. The van der Waals surface area contributed by atoms with Crippen LogP contribution in [0.4, 0.5) is 10.5 Å². The minimum absolute atomic E-state index is 0.103. The Hall–Kier alpha value is -3.09. The predicted molar refractivity (Wildman–Crippen MR) is 151 cm³/mol. The monoisotopic (exact) mass is 720 g/mol. The molecular formula is C26H15Br2IN2O5. The van der Waals surface area contributed by atoms with E-state index in [-0.39, 0.29) is 16.9 Å². The zero-order valence-corrected chi connectivity index (χ0v) is 23.5. The van der Waals surface area contributed by atoms with Gasteiger partial charge in [0.1, 0.15) is 5.57 Å². The standard InChI is InChI=1S/C26H15Br2IN2O5/c27-17-12-16(23(21(28)14-17)36-22(32)11-6-15-4-2-1-3-5-15)13-20-24(33)30-26(35)31(25(20)34)19-9-7-18(29)8-10-19/h1-14H,(H,30,33,35)/b11-6+,20-13-. The first-order valence-corrected chi connectivity index (χ1v) is 13.0. The molecule has 1 aliphatic rings. The number of rotatable bonds is 5. The van der Waals surface area contributed by atoms with Crippen LogP contribution in [0.3, 0.4) is 0 Å². The molecule has 0 unspecified atom stereocenters. The molecule has 1 saturated heterocycles. The molecule has 10 heteroatoms. The first-order valence-electron chi connectivity index (χ1n) is 10.3. The summed E-state index contributed by atoms with van der Waals surface area (Å²) in [6, 6.07) is 18.3. The largest absolute Gasteiger partial charge is 0.422 e. The lowest BCUT2D eigenvalue weighted by molar-refractivity contribution is -0.129. The fraction of sp³-hybridized carbons (Fsp3) is 0. The number of nitrogens with one attached hydrogen (secondary N) is 1. The number of urea groups is 1. The number of esters is 1. The van der Waals surface area contributed by atoms with Crippen molar-refractivity contribution in [3.8, 4) is 5.75 Å². The lowest BCUT2D eigenvalue weighted by Crippen LogP contribution is -2.54. The topological polar surface area (TPSA) is 92.8 Å². The Balaban J connectivity index is 1.68. The molecule has 0 radical (unpaired) electrons. The van der Waals surface area contributed by atoms with Crippen LogP contribution in [0, 0.1) is 3.57 Å². The van der Waals surface area contributed by atoms with E-state index in [4.69, 9.17) is 4.74 Å². The summed E-state index contributed by atoms with van der Waals surface area (Å²) in [7, 11) is 0. The van der Waals surface area contributed by atoms with Crippen LogP contribution in [0.2, 0.25) is 0 Å². The number of carbonyl (C=O) groups is 4. The lowest BCUT2D eigenvalue weighted by atomic mass is 10.1. The maximum Gasteiger partial charge on any atom is 0.336 e. The summed E-state index contributed by atoms with van der Waals surface area (Å²) in [4.78, 5) is 51.7. The molecule has 36 heavy (non-hydrogen) atoms. The number of nitrogens with zero attached hydrogens (tertiary/aromatic N) is 1. The SMILES string of the molecule is O=C(/C=C/c1ccccc1)Oc1c(Br)cc(Br)cc1/C=C1/C(=O)NC(=O)N(c2ccc(I)cc2)C1=O. The van der Waals surface area contributed by atoms with E-state index in [0.717, 1.165) is 14.0 Å². The van der Waals surface area contributed by atoms with Gasteiger partial charge in [0.25, 0.3) is 11.8 Å². The molecule has 180 valence electrons. The van der Waals surface area contributed by atoms with Gasteiger partial charge in [-0.2, -0.15) is 0 Å². The van der Waals surface area contributed by atoms with Crippen molar-refractivity contribution >= 4 is 96.1 Å². The Morgan fingerprint density at radius 2 is 1.67 bits per heavy atom. The highest BCUT2D eigenvalue weighted by atomic mass is 127. The maximum atomic E-state index is 13.2. The third-order valence-electron chi connectivity index (χ3n) is 4.94. The van der Waals surface area contributed by atoms with E-state index in [1.54, 1.807) is 42.5 Å². The predicted octanol–water partition coefficient (Wildman–Crippen LogP) is 6.10. The van der Waals surface area contributed by atoms with Gasteiger partial charge >= 0.3 is 12.0 Å². The van der Waals surface area contributed by atoms with Crippen molar-refractivity contribution in [2.45, 2.75) is 0 Å². The molecule has 1 N–H and O–H groups in total. The maximum absolute atomic E-state index is 13.2. The third kappa shape index (κ3) is 6.00. The minimum Gasteiger partial charge on any atom is -0.422 e. The number of hydrogen-bond donors (Lipinski definition) is 1. The van der Waals surface area contributed by atoms with E-state index in [1.165, 1.54) is 12.2 Å². The summed E-state index contributed by atoms with van der Waals surface area (Å²) in [5.74, 6) is -2.21. The molecule has 0 atom stereocenters. The molecule has 3 aromatic carbocycles. The van der Waals surface area contributed by atoms with Crippen molar-refractivity contribution in [2.24, 2.45) is 0 Å². The molecule has 0 spiro atoms. The summed E-state index contributed by atoms with van der Waals surface area (Å²) in [5.41, 5.74) is 1.10. The summed E-state index contributed by atoms with van der Waals surface area (Å²) < 4.78 is 7.49. The lowest BCUT2D eigenvalue weighted by Gasteiger charge is -2.26. The van der Waals surface area contributed by atoms with E-state index >= 15 is 0 Å². The quantitative estimate of drug-likeness (QED) is 0.113. The molecule has 3 aromatic rings. The van der Waals surface area contributed by atoms with E-state index in [1.807, 2.05) is 30.3 Å². The molecule has 4 amide bonds. The Bertz CT molecular complexity index is 1440. The van der Waals surface area contributed by atoms with Crippen molar-refractivity contribution in [3.63, 3.8) is 0 Å². The molecule has 0 aromatic heterocycles. The number of ether oxygens (including phenoxy) is 1. The number of benzene rings is 3. The normalized spacial score (nSPS) is 14.9. The van der Waals surface area contributed by atoms with Crippen molar-refractivity contribution in [1.29, 1.82) is 0 Å². The van der Waals surface area contributed by atoms with Crippen LogP contribution in [0.1, 0.15) is 11.1 Å². The third-order valence-corrected chi connectivity index (χ3v) is 6.70. The molecule has 1 fully saturated rings. The molecule has 1 heterocycles. The summed E-state index contributed by atoms with van der Waals surface area (Å²) in [5, 5.41) is 2.19. The fourth-order valence-electron chi connectivity index (χ4n) is 3.30. The zero-order valence-electron chi connectivity index (χ0n) is 18.2. The molecule has 7 nitrogen and oxygen atoms in total. The molecular weight excluding hydrogens is 707 g/mol. The number of halogens is 3. The van der Waals surface area contributed by atoms with Crippen LogP contribution in [-0.4, -0.2) is 23.8 Å². The molecule has 1 aliphatic heterocycles. The van der Waals surface area contributed by atoms with E-state index in [9.17, 15) is 19.2 Å². The highest BCUT2D eigenvalue weighted by Crippen LogP contribution is 2.35. The van der Waals surface area contributed by atoms with E-state index in [2.05, 4.69) is 59.8 Å². The van der Waals surface area contributed by atoms with Crippen molar-refractivity contribution in [1.82, 2.24) is 5.32 Å². The van der Waals surface area contributed by atoms with Gasteiger partial charge in [-0.05, 0) is 92.6 Å². The van der Waals surface area contributed by atoms with Crippen molar-refractivity contribution in [3.05, 3.63) is 102 Å². The molecule has 0 saturated carbocycles. The number of barbiturate groups is 1. The molecule has 4 rings (SSSR count). The number of amides is 4. The van der Waals surface area contributed by atoms with Crippen LogP contribution in [0.25, 0.3) is 12.2 Å². The molecule has 0 aliphatic carbocycles. The number of carbonyl (C=O) groups excluding carboxylic acids is 4. The second-order valence-electron chi connectivity index (χ2n) is 7.41. The smallest absolute Gasteiger partial charge is 0.336 e. The molecule has 0 bridgehead atoms. The van der Waals surface area contributed by atoms with E-state index < -0.39 is 23.8 Å². The zero-order chi connectivity index (χ0) is 25.8. The van der Waals surface area contributed by atoms with Crippen LogP contribution >= 0.6 is 54.5 Å². The Morgan fingerprint density at radius 1 is 0.972 bits per heavy atom. The number of anilines is 1. The Kier molecular flexibility index (Phi) is 8.17. The highest BCUT2D eigenvalue weighted by molar-refractivity contribution is 14.1. The summed E-state index contributed by atoms with van der Waals surface area (Å²) in [6.45, 7) is 0. The van der Waals surface area contributed by atoms with Gasteiger partial charge in [0.05, 0.1) is 10.2 Å². The van der Waals surface area contributed by atoms with Crippen LogP contribution in [0.5, 0.6) is 5.75 Å². The van der Waals surface area contributed by atoms with Crippen molar-refractivity contribution in [2.75, 3.05) is 4.90 Å². The number of imide groups is 2. The highest BCUT2D eigenvalue weighted by Gasteiger charge is 2.37. The van der Waals surface area contributed by atoms with Gasteiger partial charge in [0.15, 0.2) is 5.75 Å². The Morgan fingerprint density at radius 3 is 2.36 bits per heavy atom.